The minimum atomic E-state index is -3.29. The highest BCUT2D eigenvalue weighted by Crippen LogP contribution is 2.27. The predicted octanol–water partition coefficient (Wildman–Crippen LogP) is 2.50. The van der Waals surface area contributed by atoms with Gasteiger partial charge in [0.25, 0.3) is 0 Å². The molecule has 0 bridgehead atoms. The standard InChI is InChI=1S/C15H17N3O4S/c1-11-8-14(18(19)20)15(16-9-11)17-13(10-23(2,21)22)12-6-4-3-5-7-12/h3-9,13H,10H2,1-2H3,(H,16,17). The van der Waals surface area contributed by atoms with Gasteiger partial charge in [0.15, 0.2) is 0 Å². The fraction of sp³-hybridized carbons (Fsp3) is 0.267. The van der Waals surface area contributed by atoms with E-state index in [4.69, 9.17) is 0 Å². The second-order valence-electron chi connectivity index (χ2n) is 5.34. The lowest BCUT2D eigenvalue weighted by atomic mass is 10.1. The number of sulfone groups is 1. The maximum Gasteiger partial charge on any atom is 0.311 e. The average molecular weight is 335 g/mol. The van der Waals surface area contributed by atoms with Crippen LogP contribution in [-0.4, -0.2) is 30.3 Å². The van der Waals surface area contributed by atoms with Crippen LogP contribution in [0, 0.1) is 17.0 Å². The number of anilines is 1. The number of nitrogens with zero attached hydrogens (tertiary/aromatic N) is 2. The van der Waals surface area contributed by atoms with Gasteiger partial charge in [-0.3, -0.25) is 10.1 Å². The number of benzene rings is 1. The number of hydrogen-bond acceptors (Lipinski definition) is 6. The van der Waals surface area contributed by atoms with Crippen molar-refractivity contribution >= 4 is 21.3 Å². The van der Waals surface area contributed by atoms with Crippen molar-refractivity contribution in [2.45, 2.75) is 13.0 Å². The van der Waals surface area contributed by atoms with Gasteiger partial charge in [-0.2, -0.15) is 0 Å². The van der Waals surface area contributed by atoms with Gasteiger partial charge in [-0.1, -0.05) is 30.3 Å². The summed E-state index contributed by atoms with van der Waals surface area (Å²) in [6.07, 6.45) is 2.62. The number of rotatable bonds is 6. The van der Waals surface area contributed by atoms with E-state index in [2.05, 4.69) is 10.3 Å². The zero-order valence-corrected chi connectivity index (χ0v) is 13.6. The van der Waals surface area contributed by atoms with Crippen molar-refractivity contribution in [3.63, 3.8) is 0 Å². The molecule has 122 valence electrons. The first-order valence-corrected chi connectivity index (χ1v) is 8.92. The molecule has 8 heteroatoms. The molecule has 2 aromatic rings. The van der Waals surface area contributed by atoms with Gasteiger partial charge in [0.05, 0.1) is 16.7 Å². The van der Waals surface area contributed by atoms with E-state index in [1.807, 2.05) is 6.07 Å². The Kier molecular flexibility index (Phi) is 4.95. The van der Waals surface area contributed by atoms with Crippen molar-refractivity contribution in [1.29, 1.82) is 0 Å². The first-order chi connectivity index (χ1) is 10.8. The molecule has 0 saturated heterocycles. The molecule has 2 rings (SSSR count). The van der Waals surface area contributed by atoms with E-state index in [0.29, 0.717) is 5.56 Å². The quantitative estimate of drug-likeness (QED) is 0.643. The van der Waals surface area contributed by atoms with E-state index in [9.17, 15) is 18.5 Å². The van der Waals surface area contributed by atoms with Gasteiger partial charge in [-0.15, -0.1) is 0 Å². The maximum absolute atomic E-state index is 11.7. The van der Waals surface area contributed by atoms with Crippen LogP contribution in [-0.2, 0) is 9.84 Å². The van der Waals surface area contributed by atoms with E-state index >= 15 is 0 Å². The van der Waals surface area contributed by atoms with Crippen LogP contribution in [0.2, 0.25) is 0 Å². The first kappa shape index (κ1) is 16.9. The highest BCUT2D eigenvalue weighted by atomic mass is 32.2. The summed E-state index contributed by atoms with van der Waals surface area (Å²) >= 11 is 0. The second-order valence-corrected chi connectivity index (χ2v) is 7.52. The summed E-state index contributed by atoms with van der Waals surface area (Å²) < 4.78 is 23.4. The fourth-order valence-corrected chi connectivity index (χ4v) is 3.06. The van der Waals surface area contributed by atoms with Crippen molar-refractivity contribution < 1.29 is 13.3 Å². The first-order valence-electron chi connectivity index (χ1n) is 6.86. The van der Waals surface area contributed by atoms with Crippen LogP contribution >= 0.6 is 0 Å². The third-order valence-corrected chi connectivity index (χ3v) is 4.12. The minimum Gasteiger partial charge on any atom is -0.357 e. The van der Waals surface area contributed by atoms with Gasteiger partial charge in [0.1, 0.15) is 9.84 Å². The summed E-state index contributed by atoms with van der Waals surface area (Å²) in [5.41, 5.74) is 1.19. The molecule has 1 N–H and O–H groups in total. The number of nitrogens with one attached hydrogen (secondary N) is 1. The molecule has 0 fully saturated rings. The van der Waals surface area contributed by atoms with Gasteiger partial charge in [-0.05, 0) is 18.1 Å². The lowest BCUT2D eigenvalue weighted by molar-refractivity contribution is -0.384. The normalized spacial score (nSPS) is 12.6. The van der Waals surface area contributed by atoms with Crippen molar-refractivity contribution in [2.24, 2.45) is 0 Å². The zero-order chi connectivity index (χ0) is 17.0. The summed E-state index contributed by atoms with van der Waals surface area (Å²) in [6, 6.07) is 9.68. The van der Waals surface area contributed by atoms with E-state index in [0.717, 1.165) is 11.8 Å². The Morgan fingerprint density at radius 3 is 2.52 bits per heavy atom. The molecule has 0 amide bonds. The summed E-state index contributed by atoms with van der Waals surface area (Å²) in [4.78, 5) is 14.7. The molecule has 0 spiro atoms. The Morgan fingerprint density at radius 2 is 1.96 bits per heavy atom. The fourth-order valence-electron chi connectivity index (χ4n) is 2.18. The van der Waals surface area contributed by atoms with Gasteiger partial charge in [0.2, 0.25) is 5.82 Å². The molecule has 1 heterocycles. The van der Waals surface area contributed by atoms with Gasteiger partial charge < -0.3 is 5.32 Å². The van der Waals surface area contributed by atoms with Crippen molar-refractivity contribution in [3.8, 4) is 0 Å². The molecule has 0 aliphatic rings. The second kappa shape index (κ2) is 6.74. The highest BCUT2D eigenvalue weighted by molar-refractivity contribution is 7.90. The van der Waals surface area contributed by atoms with Crippen molar-refractivity contribution in [1.82, 2.24) is 4.98 Å². The molecule has 1 unspecified atom stereocenters. The monoisotopic (exact) mass is 335 g/mol. The summed E-state index contributed by atoms with van der Waals surface area (Å²) in [5, 5.41) is 14.1. The smallest absolute Gasteiger partial charge is 0.311 e. The number of aromatic nitrogens is 1. The molecule has 0 saturated carbocycles. The van der Waals surface area contributed by atoms with E-state index in [-0.39, 0.29) is 17.3 Å². The van der Waals surface area contributed by atoms with Gasteiger partial charge >= 0.3 is 5.69 Å². The SMILES string of the molecule is Cc1cnc(NC(CS(C)(=O)=O)c2ccccc2)c([N+](=O)[O-])c1. The third kappa shape index (κ3) is 4.75. The predicted molar refractivity (Wildman–Crippen MR) is 88.1 cm³/mol. The Balaban J connectivity index is 2.41. The van der Waals surface area contributed by atoms with Gasteiger partial charge in [0, 0.05) is 18.5 Å². The largest absolute Gasteiger partial charge is 0.357 e. The summed E-state index contributed by atoms with van der Waals surface area (Å²) in [7, 11) is -3.29. The molecule has 0 radical (unpaired) electrons. The van der Waals surface area contributed by atoms with Crippen LogP contribution in [0.5, 0.6) is 0 Å². The third-order valence-electron chi connectivity index (χ3n) is 3.18. The number of pyridine rings is 1. The van der Waals surface area contributed by atoms with Crippen LogP contribution in [0.15, 0.2) is 42.6 Å². The van der Waals surface area contributed by atoms with Crippen molar-refractivity contribution in [2.75, 3.05) is 17.3 Å². The molecule has 0 aliphatic heterocycles. The molecule has 1 atom stereocenters. The lowest BCUT2D eigenvalue weighted by Gasteiger charge is -2.19. The maximum atomic E-state index is 11.7. The Morgan fingerprint density at radius 1 is 1.30 bits per heavy atom. The van der Waals surface area contributed by atoms with Crippen LogP contribution in [0.3, 0.4) is 0 Å². The zero-order valence-electron chi connectivity index (χ0n) is 12.8. The number of hydrogen-bond donors (Lipinski definition) is 1. The van der Waals surface area contributed by atoms with Gasteiger partial charge in [-0.25, -0.2) is 13.4 Å². The number of aryl methyl sites for hydroxylation is 1. The minimum absolute atomic E-state index is 0.0538. The van der Waals surface area contributed by atoms with E-state index in [1.54, 1.807) is 31.2 Å². The molecule has 23 heavy (non-hydrogen) atoms. The van der Waals surface area contributed by atoms with Crippen molar-refractivity contribution in [3.05, 3.63) is 63.8 Å². The molecule has 1 aromatic heterocycles. The lowest BCUT2D eigenvalue weighted by Crippen LogP contribution is -2.21. The van der Waals surface area contributed by atoms with E-state index in [1.165, 1.54) is 12.3 Å². The topological polar surface area (TPSA) is 102 Å². The average Bonchev–Trinajstić information content (AvgIpc) is 2.47. The van der Waals surface area contributed by atoms with E-state index < -0.39 is 20.8 Å². The molecule has 7 nitrogen and oxygen atoms in total. The summed E-state index contributed by atoms with van der Waals surface area (Å²) in [6.45, 7) is 1.70. The van der Waals surface area contributed by atoms with Crippen LogP contribution in [0.25, 0.3) is 0 Å². The molecule has 1 aromatic carbocycles. The summed E-state index contributed by atoms with van der Waals surface area (Å²) in [5.74, 6) is -0.137. The number of nitro groups is 1. The molecule has 0 aliphatic carbocycles. The highest BCUT2D eigenvalue weighted by Gasteiger charge is 2.22. The Bertz CT molecular complexity index is 807. The van der Waals surface area contributed by atoms with Crippen LogP contribution < -0.4 is 5.32 Å². The molecular weight excluding hydrogens is 318 g/mol. The Hall–Kier alpha value is -2.48. The van der Waals surface area contributed by atoms with Crippen LogP contribution in [0.1, 0.15) is 17.2 Å². The van der Waals surface area contributed by atoms with Crippen LogP contribution in [0.4, 0.5) is 11.5 Å². The molecular formula is C15H17N3O4S. The Labute approximate surface area is 134 Å².